The van der Waals surface area contributed by atoms with Crippen LogP contribution in [0, 0.1) is 0 Å². The van der Waals surface area contributed by atoms with E-state index in [0.29, 0.717) is 0 Å². The van der Waals surface area contributed by atoms with Gasteiger partial charge in [0.15, 0.2) is 17.4 Å². The molecule has 0 heterocycles. The molecular formula is H9AlCaKMgNa. The standard InChI is InChI=1S/Al.Ca.K.Mg.Na.9H. The Morgan fingerprint density at radius 1 is 1.00 bits per heavy atom. The van der Waals surface area contributed by atoms with Gasteiger partial charge in [-0.05, 0) is 0 Å². The summed E-state index contributed by atoms with van der Waals surface area (Å²) in [5.74, 6) is 0. The fourth-order valence-electron chi connectivity index (χ4n) is 0. The first-order valence-electron chi connectivity index (χ1n) is 0. The van der Waals surface area contributed by atoms with E-state index < -0.39 is 0 Å². The molecular weight excluding hydrogens is 153 g/mol. The zero-order valence-electron chi connectivity index (χ0n) is 0. The molecule has 0 bridgehead atoms. The predicted octanol–water partition coefficient (Wildman–Crippen LogP) is -4.31. The molecule has 0 fully saturated rings. The molecule has 5 heavy (non-hydrogen) atoms. The first-order valence-corrected chi connectivity index (χ1v) is 0. The predicted molar refractivity (Wildman–Crippen MR) is 41.3 cm³/mol. The second kappa shape index (κ2) is 22.9. The van der Waals surface area contributed by atoms with E-state index in [2.05, 4.69) is 0 Å². The Hall–Kier alpha value is 5.19. The van der Waals surface area contributed by atoms with Crippen LogP contribution in [0.3, 0.4) is 0 Å². The van der Waals surface area contributed by atoms with Crippen LogP contribution in [-0.2, 0) is 0 Å². The molecule has 0 aromatic heterocycles. The molecule has 0 saturated heterocycles. The SMILES string of the molecule is [AlH3].[CaH2].[KH].[MgH2].[NaH]. The molecule has 0 nitrogen and oxygen atoms in total. The Labute approximate surface area is 154 Å². The van der Waals surface area contributed by atoms with Crippen molar-refractivity contribution in [3.63, 3.8) is 0 Å². The molecule has 0 aromatic carbocycles. The van der Waals surface area contributed by atoms with E-state index in [4.69, 9.17) is 0 Å². The second-order valence-corrected chi connectivity index (χ2v) is 0. The van der Waals surface area contributed by atoms with E-state index in [0.717, 1.165) is 0 Å². The van der Waals surface area contributed by atoms with Crippen molar-refractivity contribution in [2.75, 3.05) is 0 Å². The molecule has 0 saturated carbocycles. The van der Waals surface area contributed by atoms with Crippen molar-refractivity contribution in [3.8, 4) is 0 Å². The summed E-state index contributed by atoms with van der Waals surface area (Å²) in [6.45, 7) is 0. The van der Waals surface area contributed by atoms with Gasteiger partial charge in [0.2, 0.25) is 0 Å². The molecule has 18 valence electrons. The number of hydrogen-bond donors (Lipinski definition) is 0. The van der Waals surface area contributed by atoms with Crippen LogP contribution in [0.4, 0.5) is 0 Å². The van der Waals surface area contributed by atoms with Crippen LogP contribution in [0.15, 0.2) is 0 Å². The molecule has 0 aliphatic rings. The van der Waals surface area contributed by atoms with Gasteiger partial charge in [-0.15, -0.1) is 0 Å². The van der Waals surface area contributed by atoms with Crippen LogP contribution in [0.25, 0.3) is 0 Å². The third-order valence-electron chi connectivity index (χ3n) is 0. The van der Waals surface area contributed by atoms with Gasteiger partial charge >= 0.3 is 142 Å². The van der Waals surface area contributed by atoms with Gasteiger partial charge in [-0.3, -0.25) is 0 Å². The van der Waals surface area contributed by atoms with Gasteiger partial charge in [0.25, 0.3) is 0 Å². The van der Waals surface area contributed by atoms with Crippen LogP contribution in [-0.4, -0.2) is 159 Å². The van der Waals surface area contributed by atoms with Crippen molar-refractivity contribution in [1.82, 2.24) is 0 Å². The third-order valence-corrected chi connectivity index (χ3v) is 0. The van der Waals surface area contributed by atoms with Crippen LogP contribution < -0.4 is 0 Å². The quantitative estimate of drug-likeness (QED) is 0.316. The molecule has 0 aliphatic carbocycles. The number of hydrogen-bond acceptors (Lipinski definition) is 0. The normalized spacial score (nSPS) is 0. The molecule has 0 aromatic rings. The van der Waals surface area contributed by atoms with Gasteiger partial charge in [0, 0.05) is 0 Å². The third kappa shape index (κ3) is 17.6. The molecule has 0 radical (unpaired) electrons. The summed E-state index contributed by atoms with van der Waals surface area (Å²) in [4.78, 5) is 0. The van der Waals surface area contributed by atoms with Crippen molar-refractivity contribution in [1.29, 1.82) is 0 Å². The topological polar surface area (TPSA) is 0 Å². The maximum atomic E-state index is 0. The van der Waals surface area contributed by atoms with Gasteiger partial charge in [0.1, 0.15) is 0 Å². The van der Waals surface area contributed by atoms with Crippen molar-refractivity contribution in [2.24, 2.45) is 0 Å². The van der Waals surface area contributed by atoms with Crippen molar-refractivity contribution < 1.29 is 0 Å². The molecule has 0 unspecified atom stereocenters. The molecule has 5 heteroatoms. The monoisotopic (exact) mass is 162 g/mol. The van der Waals surface area contributed by atoms with E-state index in [9.17, 15) is 0 Å². The van der Waals surface area contributed by atoms with Crippen molar-refractivity contribution in [3.05, 3.63) is 0 Å². The van der Waals surface area contributed by atoms with Gasteiger partial charge in [-0.25, -0.2) is 0 Å². The second-order valence-electron chi connectivity index (χ2n) is 0. The molecule has 0 amide bonds. The van der Waals surface area contributed by atoms with Crippen molar-refractivity contribution in [2.45, 2.75) is 0 Å². The van der Waals surface area contributed by atoms with Crippen LogP contribution >= 0.6 is 0 Å². The van der Waals surface area contributed by atoms with E-state index in [1.54, 1.807) is 0 Å². The summed E-state index contributed by atoms with van der Waals surface area (Å²) >= 11 is 0. The maximum absolute atomic E-state index is 0. The minimum atomic E-state index is 0. The Kier molecular flexibility index (Phi) is 146. The van der Waals surface area contributed by atoms with E-state index >= 15 is 0 Å². The molecule has 0 atom stereocenters. The summed E-state index contributed by atoms with van der Waals surface area (Å²) in [7, 11) is 0. The summed E-state index contributed by atoms with van der Waals surface area (Å²) < 4.78 is 0. The zero-order valence-corrected chi connectivity index (χ0v) is 0. The Balaban J connectivity index is 0. The van der Waals surface area contributed by atoms with Gasteiger partial charge in [0.05, 0.1) is 0 Å². The van der Waals surface area contributed by atoms with E-state index in [-0.39, 0.29) is 159 Å². The Morgan fingerprint density at radius 2 is 1.00 bits per heavy atom. The number of rotatable bonds is 0. The molecule has 0 rings (SSSR count). The van der Waals surface area contributed by atoms with Crippen molar-refractivity contribution >= 4 is 159 Å². The van der Waals surface area contributed by atoms with Crippen LogP contribution in [0.2, 0.25) is 0 Å². The summed E-state index contributed by atoms with van der Waals surface area (Å²) in [6, 6.07) is 0. The zero-order chi connectivity index (χ0) is 0. The van der Waals surface area contributed by atoms with Gasteiger partial charge in [-0.2, -0.15) is 0 Å². The Bertz CT molecular complexity index is 11.6. The summed E-state index contributed by atoms with van der Waals surface area (Å²) in [5, 5.41) is 0. The first-order chi connectivity index (χ1) is 0. The average Bonchev–Trinajstić information content (AvgIpc) is 0. The fourth-order valence-corrected chi connectivity index (χ4v) is 0. The fraction of sp³-hybridized carbons (Fsp3) is 0. The summed E-state index contributed by atoms with van der Waals surface area (Å²) in [5.41, 5.74) is 0. The minimum absolute atomic E-state index is 0. The van der Waals surface area contributed by atoms with Gasteiger partial charge < -0.3 is 0 Å². The van der Waals surface area contributed by atoms with E-state index in [1.807, 2.05) is 0 Å². The van der Waals surface area contributed by atoms with E-state index in [1.165, 1.54) is 0 Å². The molecule has 0 N–H and O–H groups in total. The van der Waals surface area contributed by atoms with Gasteiger partial charge in [-0.1, -0.05) is 0 Å². The molecule has 0 aliphatic heterocycles. The van der Waals surface area contributed by atoms with Crippen LogP contribution in [0.5, 0.6) is 0 Å². The first kappa shape index (κ1) is 31.9. The Morgan fingerprint density at radius 3 is 1.00 bits per heavy atom. The summed E-state index contributed by atoms with van der Waals surface area (Å²) in [6.07, 6.45) is 0. The molecule has 0 spiro atoms. The average molecular weight is 163 g/mol. The van der Waals surface area contributed by atoms with Crippen LogP contribution in [0.1, 0.15) is 0 Å².